The van der Waals surface area contributed by atoms with Crippen molar-refractivity contribution in [1.29, 1.82) is 0 Å². The standard InChI is InChI=1S/C16H21ClN2O/c1-3-19(11-14-5-4-8-20-14)16(10-18)13-7-6-12(2)15(17)9-13/h4-9,16H,3,10-11,18H2,1-2H3. The first kappa shape index (κ1) is 15.1. The molecule has 1 unspecified atom stereocenters. The number of furan rings is 1. The smallest absolute Gasteiger partial charge is 0.117 e. The number of aryl methyl sites for hydroxylation is 1. The summed E-state index contributed by atoms with van der Waals surface area (Å²) in [6.45, 7) is 6.32. The maximum Gasteiger partial charge on any atom is 0.117 e. The lowest BCUT2D eigenvalue weighted by molar-refractivity contribution is 0.188. The first-order valence-corrected chi connectivity index (χ1v) is 7.26. The van der Waals surface area contributed by atoms with Crippen LogP contribution in [0.2, 0.25) is 5.02 Å². The molecule has 2 aromatic rings. The second kappa shape index (κ2) is 6.93. The fourth-order valence-electron chi connectivity index (χ4n) is 2.36. The molecule has 0 aliphatic rings. The molecule has 1 atom stereocenters. The van der Waals surface area contributed by atoms with Gasteiger partial charge >= 0.3 is 0 Å². The molecule has 0 amide bonds. The van der Waals surface area contributed by atoms with Crippen LogP contribution in [0, 0.1) is 6.92 Å². The summed E-state index contributed by atoms with van der Waals surface area (Å²) >= 11 is 6.23. The molecule has 2 N–H and O–H groups in total. The molecule has 1 aromatic carbocycles. The zero-order valence-corrected chi connectivity index (χ0v) is 12.7. The van der Waals surface area contributed by atoms with Crippen molar-refractivity contribution in [3.63, 3.8) is 0 Å². The number of nitrogens with two attached hydrogens (primary N) is 1. The molecule has 0 saturated heterocycles. The third-order valence-corrected chi connectivity index (χ3v) is 4.00. The van der Waals surface area contributed by atoms with E-state index in [9.17, 15) is 0 Å². The number of rotatable bonds is 6. The Labute approximate surface area is 125 Å². The normalized spacial score (nSPS) is 12.8. The van der Waals surface area contributed by atoms with Crippen LogP contribution in [0.15, 0.2) is 41.0 Å². The molecular weight excluding hydrogens is 272 g/mol. The summed E-state index contributed by atoms with van der Waals surface area (Å²) in [6, 6.07) is 10.2. The SMILES string of the molecule is CCN(Cc1ccco1)C(CN)c1ccc(C)c(Cl)c1. The van der Waals surface area contributed by atoms with Crippen LogP contribution >= 0.6 is 11.6 Å². The zero-order chi connectivity index (χ0) is 14.5. The summed E-state index contributed by atoms with van der Waals surface area (Å²) in [6.07, 6.45) is 1.70. The Kier molecular flexibility index (Phi) is 5.24. The number of hydrogen-bond acceptors (Lipinski definition) is 3. The van der Waals surface area contributed by atoms with Crippen molar-refractivity contribution < 1.29 is 4.42 Å². The highest BCUT2D eigenvalue weighted by atomic mass is 35.5. The molecule has 2 rings (SSSR count). The summed E-state index contributed by atoms with van der Waals surface area (Å²) in [5.74, 6) is 0.948. The van der Waals surface area contributed by atoms with Gasteiger partial charge in [0, 0.05) is 17.6 Å². The summed E-state index contributed by atoms with van der Waals surface area (Å²) in [5, 5.41) is 0.787. The van der Waals surface area contributed by atoms with Crippen LogP contribution in [0.1, 0.15) is 29.9 Å². The lowest BCUT2D eigenvalue weighted by Gasteiger charge is -2.29. The Morgan fingerprint density at radius 2 is 2.15 bits per heavy atom. The Balaban J connectivity index is 2.21. The van der Waals surface area contributed by atoms with Gasteiger partial charge in [0.25, 0.3) is 0 Å². The summed E-state index contributed by atoms with van der Waals surface area (Å²) in [4.78, 5) is 2.29. The molecule has 0 aliphatic carbocycles. The van der Waals surface area contributed by atoms with Crippen LogP contribution in [0.3, 0.4) is 0 Å². The van der Waals surface area contributed by atoms with E-state index in [0.29, 0.717) is 6.54 Å². The quantitative estimate of drug-likeness (QED) is 0.881. The van der Waals surface area contributed by atoms with Gasteiger partial charge in [-0.2, -0.15) is 0 Å². The molecule has 0 spiro atoms. The minimum atomic E-state index is 0.142. The van der Waals surface area contributed by atoms with Gasteiger partial charge in [0.2, 0.25) is 0 Å². The van der Waals surface area contributed by atoms with Crippen LogP contribution in [-0.2, 0) is 6.54 Å². The maximum atomic E-state index is 6.23. The molecule has 1 heterocycles. The van der Waals surface area contributed by atoms with E-state index in [1.165, 1.54) is 0 Å². The van der Waals surface area contributed by atoms with Gasteiger partial charge in [0.15, 0.2) is 0 Å². The van der Waals surface area contributed by atoms with E-state index in [-0.39, 0.29) is 6.04 Å². The second-order valence-electron chi connectivity index (χ2n) is 4.90. The summed E-state index contributed by atoms with van der Waals surface area (Å²) < 4.78 is 5.43. The molecular formula is C16H21ClN2O. The van der Waals surface area contributed by atoms with Crippen LogP contribution in [-0.4, -0.2) is 18.0 Å². The minimum Gasteiger partial charge on any atom is -0.468 e. The van der Waals surface area contributed by atoms with E-state index in [2.05, 4.69) is 17.9 Å². The van der Waals surface area contributed by atoms with Crippen LogP contribution in [0.5, 0.6) is 0 Å². The number of likely N-dealkylation sites (N-methyl/N-ethyl adjacent to an activating group) is 1. The van der Waals surface area contributed by atoms with Crippen molar-refractivity contribution in [2.45, 2.75) is 26.4 Å². The van der Waals surface area contributed by atoms with E-state index in [0.717, 1.165) is 35.0 Å². The van der Waals surface area contributed by atoms with Crippen molar-refractivity contribution in [3.05, 3.63) is 58.5 Å². The van der Waals surface area contributed by atoms with Gasteiger partial charge < -0.3 is 10.2 Å². The van der Waals surface area contributed by atoms with Crippen molar-refractivity contribution >= 4 is 11.6 Å². The molecule has 0 radical (unpaired) electrons. The van der Waals surface area contributed by atoms with E-state index in [4.69, 9.17) is 21.8 Å². The molecule has 20 heavy (non-hydrogen) atoms. The number of nitrogens with zero attached hydrogens (tertiary/aromatic N) is 1. The molecule has 3 nitrogen and oxygen atoms in total. The number of halogens is 1. The van der Waals surface area contributed by atoms with Crippen molar-refractivity contribution in [1.82, 2.24) is 4.90 Å². The summed E-state index contributed by atoms with van der Waals surface area (Å²) in [7, 11) is 0. The topological polar surface area (TPSA) is 42.4 Å². The predicted octanol–water partition coefficient (Wildman–Crippen LogP) is 3.76. The lowest BCUT2D eigenvalue weighted by Crippen LogP contribution is -2.33. The summed E-state index contributed by atoms with van der Waals surface area (Å²) in [5.41, 5.74) is 8.22. The van der Waals surface area contributed by atoms with E-state index in [1.807, 2.05) is 31.2 Å². The van der Waals surface area contributed by atoms with Crippen molar-refractivity contribution in [2.24, 2.45) is 5.73 Å². The molecule has 108 valence electrons. The van der Waals surface area contributed by atoms with Crippen LogP contribution in [0.25, 0.3) is 0 Å². The Hall–Kier alpha value is -1.29. The van der Waals surface area contributed by atoms with E-state index in [1.54, 1.807) is 6.26 Å². The highest BCUT2D eigenvalue weighted by molar-refractivity contribution is 6.31. The van der Waals surface area contributed by atoms with Gasteiger partial charge in [-0.3, -0.25) is 4.90 Å². The number of hydrogen-bond donors (Lipinski definition) is 1. The monoisotopic (exact) mass is 292 g/mol. The predicted molar refractivity (Wildman–Crippen MR) is 82.8 cm³/mol. The first-order valence-electron chi connectivity index (χ1n) is 6.88. The molecule has 0 saturated carbocycles. The van der Waals surface area contributed by atoms with Crippen molar-refractivity contribution in [3.8, 4) is 0 Å². The van der Waals surface area contributed by atoms with Crippen LogP contribution in [0.4, 0.5) is 0 Å². The van der Waals surface area contributed by atoms with Gasteiger partial charge in [0.05, 0.1) is 12.8 Å². The fourth-order valence-corrected chi connectivity index (χ4v) is 2.55. The maximum absolute atomic E-state index is 6.23. The molecule has 4 heteroatoms. The third-order valence-electron chi connectivity index (χ3n) is 3.59. The van der Waals surface area contributed by atoms with E-state index >= 15 is 0 Å². The van der Waals surface area contributed by atoms with Gasteiger partial charge in [-0.25, -0.2) is 0 Å². The molecule has 0 fully saturated rings. The first-order chi connectivity index (χ1) is 9.65. The van der Waals surface area contributed by atoms with Gasteiger partial charge in [-0.1, -0.05) is 30.7 Å². The fraction of sp³-hybridized carbons (Fsp3) is 0.375. The molecule has 0 bridgehead atoms. The largest absolute Gasteiger partial charge is 0.468 e. The number of benzene rings is 1. The molecule has 1 aromatic heterocycles. The van der Waals surface area contributed by atoms with Gasteiger partial charge in [-0.05, 0) is 42.8 Å². The van der Waals surface area contributed by atoms with Gasteiger partial charge in [0.1, 0.15) is 5.76 Å². The average molecular weight is 293 g/mol. The highest BCUT2D eigenvalue weighted by Gasteiger charge is 2.19. The third kappa shape index (κ3) is 3.42. The lowest BCUT2D eigenvalue weighted by atomic mass is 10.0. The van der Waals surface area contributed by atoms with E-state index < -0.39 is 0 Å². The van der Waals surface area contributed by atoms with Crippen LogP contribution < -0.4 is 5.73 Å². The zero-order valence-electron chi connectivity index (χ0n) is 12.0. The second-order valence-corrected chi connectivity index (χ2v) is 5.31. The Morgan fingerprint density at radius 3 is 2.70 bits per heavy atom. The highest BCUT2D eigenvalue weighted by Crippen LogP contribution is 2.26. The molecule has 0 aliphatic heterocycles. The Bertz CT molecular complexity index is 539. The van der Waals surface area contributed by atoms with Crippen molar-refractivity contribution in [2.75, 3.05) is 13.1 Å². The van der Waals surface area contributed by atoms with Gasteiger partial charge in [-0.15, -0.1) is 0 Å². The minimum absolute atomic E-state index is 0.142. The Morgan fingerprint density at radius 1 is 1.35 bits per heavy atom. The average Bonchev–Trinajstić information content (AvgIpc) is 2.95.